The van der Waals surface area contributed by atoms with Gasteiger partial charge in [-0.15, -0.1) is 0 Å². The van der Waals surface area contributed by atoms with E-state index in [4.69, 9.17) is 16.4 Å². The molecule has 0 saturated carbocycles. The van der Waals surface area contributed by atoms with Crippen LogP contribution in [0.5, 0.6) is 0 Å². The van der Waals surface area contributed by atoms with Gasteiger partial charge in [0.15, 0.2) is 5.82 Å². The monoisotopic (exact) mass is 433 g/mol. The summed E-state index contributed by atoms with van der Waals surface area (Å²) in [4.78, 5) is 33.8. The van der Waals surface area contributed by atoms with Crippen molar-refractivity contribution in [3.63, 3.8) is 0 Å². The van der Waals surface area contributed by atoms with Crippen LogP contribution in [-0.2, 0) is 9.63 Å². The average Bonchev–Trinajstić information content (AvgIpc) is 3.25. The van der Waals surface area contributed by atoms with E-state index in [1.807, 2.05) is 0 Å². The summed E-state index contributed by atoms with van der Waals surface area (Å²) in [6.07, 6.45) is -0.692. The molecule has 1 fully saturated rings. The summed E-state index contributed by atoms with van der Waals surface area (Å²) in [5.41, 5.74) is 0.947. The molecule has 4 rings (SSSR count). The Bertz CT molecular complexity index is 1010. The van der Waals surface area contributed by atoms with Crippen LogP contribution in [0.15, 0.2) is 47.6 Å². The number of halogens is 3. The molecule has 0 N–H and O–H groups in total. The van der Waals surface area contributed by atoms with Crippen LogP contribution in [0, 0.1) is 11.6 Å². The largest absolute Gasteiger partial charge is 0.382 e. The highest BCUT2D eigenvalue weighted by atomic mass is 35.5. The Labute approximate surface area is 176 Å². The van der Waals surface area contributed by atoms with Gasteiger partial charge in [-0.2, -0.15) is 0 Å². The number of carbonyl (C=O) groups is 2. The molecular formula is C21H18ClF2N3O3. The first kappa shape index (κ1) is 20.3. The number of nitrogens with zero attached hydrogens (tertiary/aromatic N) is 3. The third kappa shape index (κ3) is 4.00. The molecule has 1 saturated heterocycles. The molecule has 1 unspecified atom stereocenters. The molecule has 0 aliphatic carbocycles. The van der Waals surface area contributed by atoms with E-state index in [2.05, 4.69) is 5.16 Å². The highest BCUT2D eigenvalue weighted by molar-refractivity contribution is 6.31. The summed E-state index contributed by atoms with van der Waals surface area (Å²) in [6, 6.07) is 9.94. The van der Waals surface area contributed by atoms with Crippen molar-refractivity contribution in [2.45, 2.75) is 12.5 Å². The van der Waals surface area contributed by atoms with Crippen LogP contribution in [0.1, 0.15) is 22.3 Å². The summed E-state index contributed by atoms with van der Waals surface area (Å²) in [5.74, 6) is -1.47. The van der Waals surface area contributed by atoms with E-state index in [1.54, 1.807) is 15.9 Å². The Morgan fingerprint density at radius 3 is 2.37 bits per heavy atom. The Kier molecular flexibility index (Phi) is 5.67. The van der Waals surface area contributed by atoms with Gasteiger partial charge in [-0.05, 0) is 36.4 Å². The van der Waals surface area contributed by atoms with E-state index in [1.165, 1.54) is 36.4 Å². The second-order valence-electron chi connectivity index (χ2n) is 7.06. The Hall–Kier alpha value is -3.00. The van der Waals surface area contributed by atoms with E-state index in [0.717, 1.165) is 0 Å². The second kappa shape index (κ2) is 8.39. The lowest BCUT2D eigenvalue weighted by atomic mass is 10.0. The van der Waals surface area contributed by atoms with Crippen LogP contribution in [-0.4, -0.2) is 59.6 Å². The summed E-state index contributed by atoms with van der Waals surface area (Å²) < 4.78 is 27.2. The molecule has 0 spiro atoms. The lowest BCUT2D eigenvalue weighted by Crippen LogP contribution is -2.53. The van der Waals surface area contributed by atoms with E-state index in [0.29, 0.717) is 37.5 Å². The minimum atomic E-state index is -0.835. The maximum Gasteiger partial charge on any atom is 0.267 e. The highest BCUT2D eigenvalue weighted by Crippen LogP contribution is 2.24. The first-order valence-electron chi connectivity index (χ1n) is 9.45. The number of rotatable bonds is 3. The van der Waals surface area contributed by atoms with E-state index < -0.39 is 17.7 Å². The van der Waals surface area contributed by atoms with Crippen molar-refractivity contribution in [1.29, 1.82) is 0 Å². The molecule has 9 heteroatoms. The minimum absolute atomic E-state index is 0.0214. The normalized spacial score (nSPS) is 18.8. The van der Waals surface area contributed by atoms with Crippen molar-refractivity contribution in [3.8, 4) is 0 Å². The third-order valence-corrected chi connectivity index (χ3v) is 5.47. The molecule has 6 nitrogen and oxygen atoms in total. The van der Waals surface area contributed by atoms with Crippen molar-refractivity contribution < 1.29 is 23.2 Å². The van der Waals surface area contributed by atoms with Gasteiger partial charge in [-0.1, -0.05) is 22.8 Å². The maximum absolute atomic E-state index is 14.2. The number of hydrogen-bond donors (Lipinski definition) is 0. The molecule has 2 aliphatic rings. The van der Waals surface area contributed by atoms with Gasteiger partial charge in [-0.3, -0.25) is 9.59 Å². The Balaban J connectivity index is 1.33. The number of amides is 2. The third-order valence-electron chi connectivity index (χ3n) is 5.18. The quantitative estimate of drug-likeness (QED) is 0.747. The number of benzene rings is 2. The first-order valence-corrected chi connectivity index (χ1v) is 9.82. The number of piperazine rings is 1. The highest BCUT2D eigenvalue weighted by Gasteiger charge is 2.35. The number of hydrogen-bond acceptors (Lipinski definition) is 4. The maximum atomic E-state index is 14.2. The van der Waals surface area contributed by atoms with E-state index in [9.17, 15) is 18.4 Å². The van der Waals surface area contributed by atoms with Crippen LogP contribution in [0.3, 0.4) is 0 Å². The zero-order valence-corrected chi connectivity index (χ0v) is 16.6. The SMILES string of the molecule is O=C(c1ccc(F)cc1)N1CCN(C(=O)C2CC(c3cccc(Cl)c3F)=NO2)CC1. The molecule has 1 atom stereocenters. The van der Waals surface area contributed by atoms with Crippen LogP contribution in [0.2, 0.25) is 5.02 Å². The fourth-order valence-electron chi connectivity index (χ4n) is 3.50. The van der Waals surface area contributed by atoms with Crippen molar-refractivity contribution in [2.75, 3.05) is 26.2 Å². The smallest absolute Gasteiger partial charge is 0.267 e. The fourth-order valence-corrected chi connectivity index (χ4v) is 3.68. The topological polar surface area (TPSA) is 62.2 Å². The van der Waals surface area contributed by atoms with Crippen molar-refractivity contribution >= 4 is 29.1 Å². The predicted octanol–water partition coefficient (Wildman–Crippen LogP) is 3.10. The van der Waals surface area contributed by atoms with Gasteiger partial charge in [0, 0.05) is 43.7 Å². The fraction of sp³-hybridized carbons (Fsp3) is 0.286. The lowest BCUT2D eigenvalue weighted by molar-refractivity contribution is -0.143. The summed E-state index contributed by atoms with van der Waals surface area (Å²) >= 11 is 5.81. The lowest BCUT2D eigenvalue weighted by Gasteiger charge is -2.35. The molecule has 2 heterocycles. The van der Waals surface area contributed by atoms with E-state index >= 15 is 0 Å². The zero-order chi connectivity index (χ0) is 21.3. The summed E-state index contributed by atoms with van der Waals surface area (Å²) in [7, 11) is 0. The van der Waals surface area contributed by atoms with Crippen molar-refractivity contribution in [3.05, 3.63) is 70.2 Å². The molecule has 0 radical (unpaired) electrons. The van der Waals surface area contributed by atoms with E-state index in [-0.39, 0.29) is 28.8 Å². The van der Waals surface area contributed by atoms with Gasteiger partial charge in [0.1, 0.15) is 5.82 Å². The van der Waals surface area contributed by atoms with Crippen molar-refractivity contribution in [2.24, 2.45) is 5.16 Å². The van der Waals surface area contributed by atoms with Gasteiger partial charge in [0.05, 0.1) is 10.7 Å². The molecule has 156 valence electrons. The van der Waals surface area contributed by atoms with Crippen LogP contribution in [0.4, 0.5) is 8.78 Å². The summed E-state index contributed by atoms with van der Waals surface area (Å²) in [5, 5.41) is 3.85. The van der Waals surface area contributed by atoms with Gasteiger partial charge < -0.3 is 14.6 Å². The predicted molar refractivity (Wildman–Crippen MR) is 106 cm³/mol. The van der Waals surface area contributed by atoms with Crippen LogP contribution < -0.4 is 0 Å². The minimum Gasteiger partial charge on any atom is -0.382 e. The van der Waals surface area contributed by atoms with Crippen LogP contribution in [0.25, 0.3) is 0 Å². The molecule has 0 aromatic heterocycles. The van der Waals surface area contributed by atoms with Gasteiger partial charge >= 0.3 is 0 Å². The van der Waals surface area contributed by atoms with Crippen LogP contribution >= 0.6 is 11.6 Å². The van der Waals surface area contributed by atoms with Gasteiger partial charge in [0.25, 0.3) is 11.8 Å². The second-order valence-corrected chi connectivity index (χ2v) is 7.47. The average molecular weight is 434 g/mol. The standard InChI is InChI=1S/C21H18ClF2N3O3/c22-16-3-1-2-15(19(16)24)17-12-18(30-25-17)21(29)27-10-8-26(9-11-27)20(28)13-4-6-14(23)7-5-13/h1-7,18H,8-12H2. The molecule has 2 aliphatic heterocycles. The van der Waals surface area contributed by atoms with Crippen molar-refractivity contribution in [1.82, 2.24) is 9.80 Å². The van der Waals surface area contributed by atoms with Gasteiger partial charge in [-0.25, -0.2) is 8.78 Å². The molecule has 2 aromatic carbocycles. The van der Waals surface area contributed by atoms with Gasteiger partial charge in [0.2, 0.25) is 6.10 Å². The molecule has 0 bridgehead atoms. The molecule has 2 amide bonds. The first-order chi connectivity index (χ1) is 14.4. The molecular weight excluding hydrogens is 416 g/mol. The number of carbonyl (C=O) groups excluding carboxylic acids is 2. The Morgan fingerprint density at radius 1 is 1.00 bits per heavy atom. The summed E-state index contributed by atoms with van der Waals surface area (Å²) in [6.45, 7) is 1.38. The zero-order valence-electron chi connectivity index (χ0n) is 15.9. The number of oxime groups is 1. The Morgan fingerprint density at radius 2 is 1.67 bits per heavy atom. The molecule has 30 heavy (non-hydrogen) atoms. The molecule has 2 aromatic rings.